The van der Waals surface area contributed by atoms with Gasteiger partial charge in [-0.25, -0.2) is 0 Å². The molecule has 0 amide bonds. The van der Waals surface area contributed by atoms with Crippen LogP contribution in [0.5, 0.6) is 0 Å². The van der Waals surface area contributed by atoms with Crippen molar-refractivity contribution in [3.05, 3.63) is 11.6 Å². The second kappa shape index (κ2) is 9.08. The first-order valence-corrected chi connectivity index (χ1v) is 8.54. The molecule has 2 rings (SSSR count). The fourth-order valence-electron chi connectivity index (χ4n) is 3.31. The molecular weight excluding hydrogens is 262 g/mol. The highest BCUT2D eigenvalue weighted by molar-refractivity contribution is 5.79. The molecule has 21 heavy (non-hydrogen) atoms. The minimum atomic E-state index is 0.595. The lowest BCUT2D eigenvalue weighted by atomic mass is 9.84. The lowest BCUT2D eigenvalue weighted by Crippen LogP contribution is -2.45. The summed E-state index contributed by atoms with van der Waals surface area (Å²) in [4.78, 5) is 4.37. The normalized spacial score (nSPS) is 27.1. The molecule has 1 aliphatic heterocycles. The van der Waals surface area contributed by atoms with Crippen LogP contribution in [0, 0.1) is 5.92 Å². The maximum Gasteiger partial charge on any atom is 0.191 e. The molecule has 2 N–H and O–H groups in total. The quantitative estimate of drug-likeness (QED) is 0.465. The first kappa shape index (κ1) is 16.3. The van der Waals surface area contributed by atoms with Crippen molar-refractivity contribution in [2.45, 2.75) is 57.9 Å². The van der Waals surface area contributed by atoms with Gasteiger partial charge >= 0.3 is 0 Å². The van der Waals surface area contributed by atoms with Crippen LogP contribution in [0.1, 0.15) is 51.9 Å². The molecule has 0 aromatic rings. The molecule has 0 aromatic carbocycles. The van der Waals surface area contributed by atoms with E-state index in [1.165, 1.54) is 37.7 Å². The molecule has 1 fully saturated rings. The fourth-order valence-corrected chi connectivity index (χ4v) is 3.31. The van der Waals surface area contributed by atoms with Crippen molar-refractivity contribution < 1.29 is 4.74 Å². The molecule has 0 aromatic heterocycles. The van der Waals surface area contributed by atoms with E-state index in [0.717, 1.165) is 44.5 Å². The summed E-state index contributed by atoms with van der Waals surface area (Å²) >= 11 is 0. The van der Waals surface area contributed by atoms with Gasteiger partial charge in [-0.1, -0.05) is 37.8 Å². The molecule has 2 atom stereocenters. The summed E-state index contributed by atoms with van der Waals surface area (Å²) in [5.74, 6) is 1.85. The van der Waals surface area contributed by atoms with Gasteiger partial charge in [0.1, 0.15) is 0 Å². The Hall–Kier alpha value is -1.03. The number of ether oxygens (including phenoxy) is 1. The van der Waals surface area contributed by atoms with Crippen molar-refractivity contribution in [3.8, 4) is 0 Å². The van der Waals surface area contributed by atoms with Crippen LogP contribution in [0.15, 0.2) is 16.6 Å². The maximum atomic E-state index is 5.34. The Kier molecular flexibility index (Phi) is 7.07. The van der Waals surface area contributed by atoms with Crippen molar-refractivity contribution in [2.24, 2.45) is 10.9 Å². The van der Waals surface area contributed by atoms with Crippen LogP contribution in [0.2, 0.25) is 0 Å². The van der Waals surface area contributed by atoms with Gasteiger partial charge in [0.15, 0.2) is 5.96 Å². The van der Waals surface area contributed by atoms with E-state index in [2.05, 4.69) is 28.6 Å². The Morgan fingerprint density at radius 1 is 1.43 bits per heavy atom. The van der Waals surface area contributed by atoms with Crippen LogP contribution in [0.4, 0.5) is 0 Å². The molecule has 4 nitrogen and oxygen atoms in total. The number of nitrogens with one attached hydrogen (secondary N) is 2. The largest absolute Gasteiger partial charge is 0.377 e. The van der Waals surface area contributed by atoms with Crippen LogP contribution < -0.4 is 10.6 Å². The van der Waals surface area contributed by atoms with Crippen LogP contribution in [0.3, 0.4) is 0 Å². The van der Waals surface area contributed by atoms with E-state index >= 15 is 0 Å². The summed E-state index contributed by atoms with van der Waals surface area (Å²) in [6.07, 6.45) is 11.0. The van der Waals surface area contributed by atoms with E-state index in [0.29, 0.717) is 6.04 Å². The van der Waals surface area contributed by atoms with Crippen molar-refractivity contribution in [1.82, 2.24) is 10.6 Å². The predicted molar refractivity (Wildman–Crippen MR) is 88.7 cm³/mol. The van der Waals surface area contributed by atoms with Crippen LogP contribution in [-0.2, 0) is 4.74 Å². The molecule has 1 heterocycles. The Bertz CT molecular complexity index is 365. The predicted octanol–water partition coefficient (Wildman–Crippen LogP) is 2.86. The van der Waals surface area contributed by atoms with Crippen molar-refractivity contribution >= 4 is 5.96 Å². The average Bonchev–Trinajstić information content (AvgIpc) is 2.55. The highest BCUT2D eigenvalue weighted by atomic mass is 16.5. The van der Waals surface area contributed by atoms with Crippen molar-refractivity contribution in [3.63, 3.8) is 0 Å². The lowest BCUT2D eigenvalue weighted by molar-refractivity contribution is 0.153. The molecule has 0 saturated heterocycles. The van der Waals surface area contributed by atoms with Gasteiger partial charge in [-0.05, 0) is 31.6 Å². The lowest BCUT2D eigenvalue weighted by Gasteiger charge is -2.30. The molecular formula is C17H31N3O. The summed E-state index contributed by atoms with van der Waals surface area (Å²) in [7, 11) is 1.86. The Morgan fingerprint density at radius 2 is 2.33 bits per heavy atom. The smallest absolute Gasteiger partial charge is 0.191 e. The molecule has 2 unspecified atom stereocenters. The van der Waals surface area contributed by atoms with Gasteiger partial charge in [0, 0.05) is 19.6 Å². The SMILES string of the molecule is CCC1CCCC(NC(=NC)NCCC2=CCOCC2)C1. The second-order valence-corrected chi connectivity index (χ2v) is 6.22. The number of hydrogen-bond donors (Lipinski definition) is 2. The third-order valence-electron chi connectivity index (χ3n) is 4.72. The Balaban J connectivity index is 1.69. The third kappa shape index (κ3) is 5.70. The molecule has 0 bridgehead atoms. The molecule has 2 aliphatic rings. The standard InChI is InChI=1S/C17H31N3O/c1-3-14-5-4-6-16(13-14)20-17(18-2)19-10-7-15-8-11-21-12-9-15/h8,14,16H,3-7,9-13H2,1-2H3,(H2,18,19,20). The third-order valence-corrected chi connectivity index (χ3v) is 4.72. The summed E-state index contributed by atoms with van der Waals surface area (Å²) < 4.78 is 5.34. The first-order valence-electron chi connectivity index (χ1n) is 8.54. The maximum absolute atomic E-state index is 5.34. The van der Waals surface area contributed by atoms with Gasteiger partial charge in [0.2, 0.25) is 0 Å². The van der Waals surface area contributed by atoms with Crippen molar-refractivity contribution in [1.29, 1.82) is 0 Å². The average molecular weight is 293 g/mol. The molecule has 120 valence electrons. The molecule has 1 saturated carbocycles. The van der Waals surface area contributed by atoms with E-state index in [1.54, 1.807) is 0 Å². The van der Waals surface area contributed by atoms with Crippen LogP contribution in [0.25, 0.3) is 0 Å². The second-order valence-electron chi connectivity index (χ2n) is 6.22. The monoisotopic (exact) mass is 293 g/mol. The minimum absolute atomic E-state index is 0.595. The summed E-state index contributed by atoms with van der Waals surface area (Å²) in [6.45, 7) is 4.92. The fraction of sp³-hybridized carbons (Fsp3) is 0.824. The van der Waals surface area contributed by atoms with Gasteiger partial charge in [0.25, 0.3) is 0 Å². The number of hydrogen-bond acceptors (Lipinski definition) is 2. The number of nitrogens with zero attached hydrogens (tertiary/aromatic N) is 1. The zero-order valence-electron chi connectivity index (χ0n) is 13.7. The molecule has 0 radical (unpaired) electrons. The van der Waals surface area contributed by atoms with Gasteiger partial charge < -0.3 is 15.4 Å². The summed E-state index contributed by atoms with van der Waals surface area (Å²) in [6, 6.07) is 0.595. The highest BCUT2D eigenvalue weighted by Gasteiger charge is 2.21. The zero-order valence-corrected chi connectivity index (χ0v) is 13.7. The van der Waals surface area contributed by atoms with Gasteiger partial charge in [-0.3, -0.25) is 4.99 Å². The molecule has 1 aliphatic carbocycles. The minimum Gasteiger partial charge on any atom is -0.377 e. The summed E-state index contributed by atoms with van der Waals surface area (Å²) in [5.41, 5.74) is 1.51. The van der Waals surface area contributed by atoms with E-state index < -0.39 is 0 Å². The van der Waals surface area contributed by atoms with Gasteiger partial charge in [-0.15, -0.1) is 0 Å². The van der Waals surface area contributed by atoms with Crippen LogP contribution >= 0.6 is 0 Å². The Labute approximate surface area is 129 Å². The topological polar surface area (TPSA) is 45.7 Å². The first-order chi connectivity index (χ1) is 10.3. The van der Waals surface area contributed by atoms with Gasteiger partial charge in [-0.2, -0.15) is 0 Å². The van der Waals surface area contributed by atoms with E-state index in [1.807, 2.05) is 7.05 Å². The molecule has 0 spiro atoms. The van der Waals surface area contributed by atoms with E-state index in [-0.39, 0.29) is 0 Å². The van der Waals surface area contributed by atoms with E-state index in [9.17, 15) is 0 Å². The van der Waals surface area contributed by atoms with Crippen LogP contribution in [-0.4, -0.2) is 38.8 Å². The zero-order chi connectivity index (χ0) is 14.9. The highest BCUT2D eigenvalue weighted by Crippen LogP contribution is 2.26. The number of guanidine groups is 1. The number of aliphatic imine (C=N–C) groups is 1. The summed E-state index contributed by atoms with van der Waals surface area (Å²) in [5, 5.41) is 7.06. The van der Waals surface area contributed by atoms with E-state index in [4.69, 9.17) is 4.74 Å². The van der Waals surface area contributed by atoms with Crippen molar-refractivity contribution in [2.75, 3.05) is 26.8 Å². The van der Waals surface area contributed by atoms with Gasteiger partial charge in [0.05, 0.1) is 13.2 Å². The Morgan fingerprint density at radius 3 is 3.05 bits per heavy atom. The molecule has 4 heteroatoms. The number of rotatable bonds is 5.